The van der Waals surface area contributed by atoms with E-state index in [0.29, 0.717) is 0 Å². The summed E-state index contributed by atoms with van der Waals surface area (Å²) in [6.45, 7) is 4.18. The summed E-state index contributed by atoms with van der Waals surface area (Å²) in [7, 11) is 0. The van der Waals surface area contributed by atoms with Crippen LogP contribution in [-0.4, -0.2) is 0 Å². The van der Waals surface area contributed by atoms with Gasteiger partial charge in [-0.05, 0) is 55.4 Å². The van der Waals surface area contributed by atoms with Crippen LogP contribution in [0.3, 0.4) is 0 Å². The summed E-state index contributed by atoms with van der Waals surface area (Å²) in [5.74, 6) is 0.635. The van der Waals surface area contributed by atoms with Gasteiger partial charge in [0.15, 0.2) is 0 Å². The summed E-state index contributed by atoms with van der Waals surface area (Å²) >= 11 is 0. The molecule has 1 aliphatic rings. The van der Waals surface area contributed by atoms with Crippen LogP contribution < -0.4 is 5.73 Å². The highest BCUT2D eigenvalue weighted by molar-refractivity contribution is 5.29. The minimum Gasteiger partial charge on any atom is -0.321 e. The van der Waals surface area contributed by atoms with Crippen molar-refractivity contribution in [2.24, 2.45) is 11.7 Å². The molecule has 2 N–H and O–H groups in total. The van der Waals surface area contributed by atoms with Gasteiger partial charge in [0, 0.05) is 5.54 Å². The molecule has 2 rings (SSSR count). The van der Waals surface area contributed by atoms with Crippen LogP contribution in [0.5, 0.6) is 0 Å². The molecule has 0 heterocycles. The maximum atomic E-state index is 13.5. The van der Waals surface area contributed by atoms with Gasteiger partial charge in [0.1, 0.15) is 5.82 Å². The second kappa shape index (κ2) is 5.40. The lowest BCUT2D eigenvalue weighted by atomic mass is 9.83. The number of nitrogens with two attached hydrogens (primary N) is 1. The lowest BCUT2D eigenvalue weighted by molar-refractivity contribution is 0.370. The largest absolute Gasteiger partial charge is 0.321 e. The van der Waals surface area contributed by atoms with Crippen molar-refractivity contribution >= 4 is 0 Å². The molecule has 1 saturated carbocycles. The first-order valence-corrected chi connectivity index (χ1v) is 7.10. The molecular formula is C16H24FN. The van der Waals surface area contributed by atoms with Crippen LogP contribution in [-0.2, 0) is 5.54 Å². The molecule has 1 nitrogen and oxygen atoms in total. The molecule has 2 atom stereocenters. The summed E-state index contributed by atoms with van der Waals surface area (Å²) < 4.78 is 13.5. The van der Waals surface area contributed by atoms with Crippen molar-refractivity contribution in [2.45, 2.75) is 57.9 Å². The molecule has 0 saturated heterocycles. The van der Waals surface area contributed by atoms with E-state index in [1.807, 2.05) is 6.92 Å². The SMILES string of the molecule is CCC1CCCC(N)(c2cc(C)cc(F)c2)CC1. The third-order valence-corrected chi connectivity index (χ3v) is 4.43. The van der Waals surface area contributed by atoms with Crippen LogP contribution in [0.4, 0.5) is 4.39 Å². The number of halogens is 1. The van der Waals surface area contributed by atoms with E-state index in [1.54, 1.807) is 12.1 Å². The molecule has 2 unspecified atom stereocenters. The molecule has 0 spiro atoms. The standard InChI is InChI=1S/C16H24FN/c1-3-13-5-4-7-16(18,8-6-13)14-9-12(2)10-15(17)11-14/h9-11,13H,3-8,18H2,1-2H3. The van der Waals surface area contributed by atoms with Gasteiger partial charge in [-0.2, -0.15) is 0 Å². The molecule has 0 amide bonds. The maximum absolute atomic E-state index is 13.5. The molecule has 0 bridgehead atoms. The van der Waals surface area contributed by atoms with Crippen LogP contribution in [0, 0.1) is 18.7 Å². The number of benzene rings is 1. The predicted molar refractivity (Wildman–Crippen MR) is 73.9 cm³/mol. The minimum absolute atomic E-state index is 0.161. The zero-order valence-electron chi connectivity index (χ0n) is 11.5. The highest BCUT2D eigenvalue weighted by atomic mass is 19.1. The van der Waals surface area contributed by atoms with E-state index in [2.05, 4.69) is 13.0 Å². The van der Waals surface area contributed by atoms with E-state index >= 15 is 0 Å². The van der Waals surface area contributed by atoms with Gasteiger partial charge in [-0.3, -0.25) is 0 Å². The molecule has 1 aliphatic carbocycles. The average Bonchev–Trinajstić information content (AvgIpc) is 2.51. The lowest BCUT2D eigenvalue weighted by Gasteiger charge is -2.29. The van der Waals surface area contributed by atoms with E-state index < -0.39 is 0 Å². The Bertz CT molecular complexity index is 395. The molecule has 2 heteroatoms. The fourth-order valence-electron chi connectivity index (χ4n) is 3.16. The second-order valence-corrected chi connectivity index (χ2v) is 5.88. The van der Waals surface area contributed by atoms with E-state index in [4.69, 9.17) is 5.73 Å². The van der Waals surface area contributed by atoms with Gasteiger partial charge in [-0.15, -0.1) is 0 Å². The zero-order valence-corrected chi connectivity index (χ0v) is 11.5. The van der Waals surface area contributed by atoms with Crippen molar-refractivity contribution in [3.63, 3.8) is 0 Å². The minimum atomic E-state index is -0.323. The quantitative estimate of drug-likeness (QED) is 0.778. The summed E-state index contributed by atoms with van der Waals surface area (Å²) in [5, 5.41) is 0. The molecule has 0 aromatic heterocycles. The van der Waals surface area contributed by atoms with Gasteiger partial charge in [0.05, 0.1) is 0 Å². The number of aryl methyl sites for hydroxylation is 1. The van der Waals surface area contributed by atoms with E-state index in [1.165, 1.54) is 19.3 Å². The fourth-order valence-corrected chi connectivity index (χ4v) is 3.16. The van der Waals surface area contributed by atoms with Crippen molar-refractivity contribution in [3.05, 3.63) is 35.1 Å². The number of hydrogen-bond donors (Lipinski definition) is 1. The van der Waals surface area contributed by atoms with Gasteiger partial charge in [-0.1, -0.05) is 32.3 Å². The van der Waals surface area contributed by atoms with E-state index in [0.717, 1.165) is 36.3 Å². The third kappa shape index (κ3) is 2.92. The van der Waals surface area contributed by atoms with E-state index in [9.17, 15) is 4.39 Å². The third-order valence-electron chi connectivity index (χ3n) is 4.43. The van der Waals surface area contributed by atoms with Gasteiger partial charge in [0.2, 0.25) is 0 Å². The highest BCUT2D eigenvalue weighted by Crippen LogP contribution is 2.37. The molecule has 1 fully saturated rings. The molecule has 1 aromatic rings. The highest BCUT2D eigenvalue weighted by Gasteiger charge is 2.31. The Kier molecular flexibility index (Phi) is 4.06. The maximum Gasteiger partial charge on any atom is 0.123 e. The van der Waals surface area contributed by atoms with Crippen molar-refractivity contribution < 1.29 is 4.39 Å². The first kappa shape index (κ1) is 13.5. The summed E-state index contributed by atoms with van der Waals surface area (Å²) in [6.07, 6.45) is 6.79. The van der Waals surface area contributed by atoms with Crippen LogP contribution in [0.15, 0.2) is 18.2 Å². The van der Waals surface area contributed by atoms with Gasteiger partial charge in [-0.25, -0.2) is 4.39 Å². The molecule has 1 aromatic carbocycles. The summed E-state index contributed by atoms with van der Waals surface area (Å²) in [6, 6.07) is 5.24. The first-order valence-electron chi connectivity index (χ1n) is 7.10. The Balaban J connectivity index is 2.24. The Labute approximate surface area is 110 Å². The lowest BCUT2D eigenvalue weighted by Crippen LogP contribution is -2.36. The van der Waals surface area contributed by atoms with E-state index in [-0.39, 0.29) is 11.4 Å². The van der Waals surface area contributed by atoms with Crippen LogP contribution in [0.2, 0.25) is 0 Å². The smallest absolute Gasteiger partial charge is 0.123 e. The Morgan fingerprint density at radius 1 is 1.28 bits per heavy atom. The summed E-state index contributed by atoms with van der Waals surface area (Å²) in [4.78, 5) is 0. The molecule has 0 radical (unpaired) electrons. The van der Waals surface area contributed by atoms with Crippen molar-refractivity contribution in [1.29, 1.82) is 0 Å². The monoisotopic (exact) mass is 249 g/mol. The first-order chi connectivity index (χ1) is 8.53. The van der Waals surface area contributed by atoms with Crippen molar-refractivity contribution in [2.75, 3.05) is 0 Å². The fraction of sp³-hybridized carbons (Fsp3) is 0.625. The zero-order chi connectivity index (χ0) is 13.2. The van der Waals surface area contributed by atoms with Crippen LogP contribution in [0.25, 0.3) is 0 Å². The van der Waals surface area contributed by atoms with Gasteiger partial charge >= 0.3 is 0 Å². The van der Waals surface area contributed by atoms with Gasteiger partial charge in [0.25, 0.3) is 0 Å². The van der Waals surface area contributed by atoms with Crippen LogP contribution in [0.1, 0.15) is 56.6 Å². The summed E-state index contributed by atoms with van der Waals surface area (Å²) in [5.41, 5.74) is 8.19. The topological polar surface area (TPSA) is 26.0 Å². The second-order valence-electron chi connectivity index (χ2n) is 5.88. The molecular weight excluding hydrogens is 225 g/mol. The number of rotatable bonds is 2. The Morgan fingerprint density at radius 3 is 2.72 bits per heavy atom. The van der Waals surface area contributed by atoms with Crippen molar-refractivity contribution in [1.82, 2.24) is 0 Å². The number of hydrogen-bond acceptors (Lipinski definition) is 1. The normalized spacial score (nSPS) is 29.0. The average molecular weight is 249 g/mol. The van der Waals surface area contributed by atoms with Crippen LogP contribution >= 0.6 is 0 Å². The predicted octanol–water partition coefficient (Wildman–Crippen LogP) is 4.28. The van der Waals surface area contributed by atoms with Crippen molar-refractivity contribution in [3.8, 4) is 0 Å². The van der Waals surface area contributed by atoms with Gasteiger partial charge < -0.3 is 5.73 Å². The Morgan fingerprint density at radius 2 is 2.06 bits per heavy atom. The molecule has 18 heavy (non-hydrogen) atoms. The molecule has 0 aliphatic heterocycles. The molecule has 100 valence electrons. The Hall–Kier alpha value is -0.890.